The molecule has 1 saturated carbocycles. The van der Waals surface area contributed by atoms with E-state index in [4.69, 9.17) is 0 Å². The van der Waals surface area contributed by atoms with Crippen molar-refractivity contribution in [3.05, 3.63) is 77.1 Å². The lowest BCUT2D eigenvalue weighted by Crippen LogP contribution is -2.32. The summed E-state index contributed by atoms with van der Waals surface area (Å²) in [6.45, 7) is 3.90. The van der Waals surface area contributed by atoms with Crippen LogP contribution in [-0.2, 0) is 11.2 Å². The Bertz CT molecular complexity index is 1060. The molecule has 0 unspecified atom stereocenters. The summed E-state index contributed by atoms with van der Waals surface area (Å²) >= 11 is 0. The van der Waals surface area contributed by atoms with E-state index in [0.717, 1.165) is 35.5 Å². The Labute approximate surface area is 182 Å². The monoisotopic (exact) mass is 416 g/mol. The minimum Gasteiger partial charge on any atom is -0.349 e. The average Bonchev–Trinajstić information content (AvgIpc) is 3.38. The van der Waals surface area contributed by atoms with Crippen LogP contribution in [0.3, 0.4) is 0 Å². The average molecular weight is 417 g/mol. The SMILES string of the molecule is Cc1nn(-c2ccccc2)c(C)c1CC(=O)Nc1ccc(C(=O)NC2CCCC2)cc1. The van der Waals surface area contributed by atoms with E-state index < -0.39 is 0 Å². The van der Waals surface area contributed by atoms with Crippen LogP contribution in [0.4, 0.5) is 5.69 Å². The Morgan fingerprint density at radius 3 is 2.35 bits per heavy atom. The quantitative estimate of drug-likeness (QED) is 0.627. The van der Waals surface area contributed by atoms with Crippen LogP contribution in [0.1, 0.15) is 53.0 Å². The van der Waals surface area contributed by atoms with Gasteiger partial charge in [0.2, 0.25) is 5.91 Å². The second-order valence-electron chi connectivity index (χ2n) is 8.15. The van der Waals surface area contributed by atoms with Crippen molar-refractivity contribution < 1.29 is 9.59 Å². The van der Waals surface area contributed by atoms with Crippen LogP contribution in [0, 0.1) is 13.8 Å². The fourth-order valence-corrected chi connectivity index (χ4v) is 4.16. The summed E-state index contributed by atoms with van der Waals surface area (Å²) in [4.78, 5) is 25.0. The maximum atomic E-state index is 12.7. The number of aromatic nitrogens is 2. The summed E-state index contributed by atoms with van der Waals surface area (Å²) < 4.78 is 1.87. The summed E-state index contributed by atoms with van der Waals surface area (Å²) in [7, 11) is 0. The molecule has 0 aliphatic heterocycles. The lowest BCUT2D eigenvalue weighted by molar-refractivity contribution is -0.115. The van der Waals surface area contributed by atoms with Gasteiger partial charge >= 0.3 is 0 Å². The van der Waals surface area contributed by atoms with Crippen molar-refractivity contribution in [1.82, 2.24) is 15.1 Å². The molecule has 1 aromatic heterocycles. The number of nitrogens with one attached hydrogen (secondary N) is 2. The van der Waals surface area contributed by atoms with Crippen LogP contribution in [0.15, 0.2) is 54.6 Å². The molecule has 1 aliphatic carbocycles. The number of amides is 2. The number of aryl methyl sites for hydroxylation is 1. The molecule has 1 heterocycles. The van der Waals surface area contributed by atoms with Gasteiger partial charge in [0.25, 0.3) is 5.91 Å². The Balaban J connectivity index is 1.39. The highest BCUT2D eigenvalue weighted by atomic mass is 16.2. The predicted octanol–water partition coefficient (Wildman–Crippen LogP) is 4.34. The fourth-order valence-electron chi connectivity index (χ4n) is 4.16. The molecule has 0 radical (unpaired) electrons. The van der Waals surface area contributed by atoms with Gasteiger partial charge in [-0.25, -0.2) is 4.68 Å². The summed E-state index contributed by atoms with van der Waals surface area (Å²) in [5.74, 6) is -0.161. The van der Waals surface area contributed by atoms with Crippen molar-refractivity contribution in [2.24, 2.45) is 0 Å². The molecule has 2 N–H and O–H groups in total. The number of anilines is 1. The molecule has 160 valence electrons. The standard InChI is InChI=1S/C25H28N4O2/c1-17-23(18(2)29(28-17)22-10-4-3-5-11-22)16-24(30)26-21-14-12-19(13-15-21)25(31)27-20-8-6-7-9-20/h3-5,10-15,20H,6-9,16H2,1-2H3,(H,26,30)(H,27,31). The van der Waals surface area contributed by atoms with Crippen LogP contribution >= 0.6 is 0 Å². The summed E-state index contributed by atoms with van der Waals surface area (Å²) in [5.41, 5.74) is 4.98. The minimum atomic E-state index is -0.109. The van der Waals surface area contributed by atoms with Crippen molar-refractivity contribution in [2.75, 3.05) is 5.32 Å². The predicted molar refractivity (Wildman–Crippen MR) is 122 cm³/mol. The summed E-state index contributed by atoms with van der Waals surface area (Å²) in [5, 5.41) is 10.6. The van der Waals surface area contributed by atoms with Gasteiger partial charge in [0.1, 0.15) is 0 Å². The molecule has 3 aromatic rings. The van der Waals surface area contributed by atoms with E-state index in [9.17, 15) is 9.59 Å². The van der Waals surface area contributed by atoms with Crippen molar-refractivity contribution in [3.8, 4) is 5.69 Å². The van der Waals surface area contributed by atoms with Gasteiger partial charge in [-0.05, 0) is 63.1 Å². The van der Waals surface area contributed by atoms with E-state index >= 15 is 0 Å². The molecule has 1 aliphatic rings. The first-order valence-electron chi connectivity index (χ1n) is 10.8. The second kappa shape index (κ2) is 9.16. The molecule has 1 fully saturated rings. The molecule has 0 spiro atoms. The zero-order chi connectivity index (χ0) is 21.8. The summed E-state index contributed by atoms with van der Waals surface area (Å²) in [6.07, 6.45) is 4.71. The maximum Gasteiger partial charge on any atom is 0.251 e. The Morgan fingerprint density at radius 2 is 1.68 bits per heavy atom. The third-order valence-electron chi connectivity index (χ3n) is 5.90. The fraction of sp³-hybridized carbons (Fsp3) is 0.320. The van der Waals surface area contributed by atoms with Gasteiger partial charge in [-0.15, -0.1) is 0 Å². The lowest BCUT2D eigenvalue weighted by atomic mass is 10.1. The molecule has 0 saturated heterocycles. The number of hydrogen-bond acceptors (Lipinski definition) is 3. The van der Waals surface area contributed by atoms with Gasteiger partial charge in [0.05, 0.1) is 17.8 Å². The summed E-state index contributed by atoms with van der Waals surface area (Å²) in [6, 6.07) is 17.2. The number of carbonyl (C=O) groups is 2. The molecule has 0 atom stereocenters. The topological polar surface area (TPSA) is 76.0 Å². The highest BCUT2D eigenvalue weighted by Gasteiger charge is 2.18. The van der Waals surface area contributed by atoms with Gasteiger partial charge in [0.15, 0.2) is 0 Å². The van der Waals surface area contributed by atoms with Crippen molar-refractivity contribution >= 4 is 17.5 Å². The van der Waals surface area contributed by atoms with Crippen LogP contribution < -0.4 is 10.6 Å². The van der Waals surface area contributed by atoms with Crippen molar-refractivity contribution in [3.63, 3.8) is 0 Å². The van der Waals surface area contributed by atoms with E-state index in [0.29, 0.717) is 11.3 Å². The molecule has 4 rings (SSSR count). The van der Waals surface area contributed by atoms with Crippen LogP contribution in [0.5, 0.6) is 0 Å². The molecule has 2 amide bonds. The number of para-hydroxylation sites is 1. The Hall–Kier alpha value is -3.41. The van der Waals surface area contributed by atoms with Crippen molar-refractivity contribution in [1.29, 1.82) is 0 Å². The highest BCUT2D eigenvalue weighted by Crippen LogP contribution is 2.20. The molecule has 2 aromatic carbocycles. The van der Waals surface area contributed by atoms with Crippen LogP contribution in [0.25, 0.3) is 5.69 Å². The third kappa shape index (κ3) is 4.85. The maximum absolute atomic E-state index is 12.7. The highest BCUT2D eigenvalue weighted by molar-refractivity contribution is 5.96. The minimum absolute atomic E-state index is 0.0515. The zero-order valence-electron chi connectivity index (χ0n) is 18.0. The van der Waals surface area contributed by atoms with E-state index in [1.807, 2.05) is 48.9 Å². The second-order valence-corrected chi connectivity index (χ2v) is 8.15. The zero-order valence-corrected chi connectivity index (χ0v) is 18.0. The number of rotatable bonds is 6. The van der Waals surface area contributed by atoms with Crippen LogP contribution in [0.2, 0.25) is 0 Å². The molecule has 0 bridgehead atoms. The van der Waals surface area contributed by atoms with Crippen molar-refractivity contribution in [2.45, 2.75) is 52.0 Å². The van der Waals surface area contributed by atoms with Gasteiger partial charge in [-0.1, -0.05) is 31.0 Å². The first kappa shape index (κ1) is 20.8. The normalized spacial score (nSPS) is 13.9. The van der Waals surface area contributed by atoms with Crippen LogP contribution in [-0.4, -0.2) is 27.6 Å². The molecular formula is C25H28N4O2. The van der Waals surface area contributed by atoms with E-state index in [1.165, 1.54) is 12.8 Å². The molecular weight excluding hydrogens is 388 g/mol. The number of benzene rings is 2. The van der Waals surface area contributed by atoms with Gasteiger partial charge in [0, 0.05) is 28.6 Å². The Kier molecular flexibility index (Phi) is 6.16. The third-order valence-corrected chi connectivity index (χ3v) is 5.90. The van der Waals surface area contributed by atoms with Gasteiger partial charge in [-0.2, -0.15) is 5.10 Å². The first-order valence-corrected chi connectivity index (χ1v) is 10.8. The van der Waals surface area contributed by atoms with E-state index in [1.54, 1.807) is 24.3 Å². The van der Waals surface area contributed by atoms with Gasteiger partial charge < -0.3 is 10.6 Å². The number of nitrogens with zero attached hydrogens (tertiary/aromatic N) is 2. The largest absolute Gasteiger partial charge is 0.349 e. The first-order chi connectivity index (χ1) is 15.0. The smallest absolute Gasteiger partial charge is 0.251 e. The molecule has 6 heteroatoms. The Morgan fingerprint density at radius 1 is 1.00 bits per heavy atom. The van der Waals surface area contributed by atoms with E-state index in [-0.39, 0.29) is 24.3 Å². The number of hydrogen-bond donors (Lipinski definition) is 2. The van der Waals surface area contributed by atoms with Gasteiger partial charge in [-0.3, -0.25) is 9.59 Å². The van der Waals surface area contributed by atoms with E-state index in [2.05, 4.69) is 15.7 Å². The molecule has 6 nitrogen and oxygen atoms in total. The lowest BCUT2D eigenvalue weighted by Gasteiger charge is -2.12. The number of carbonyl (C=O) groups excluding carboxylic acids is 2. The molecule has 31 heavy (non-hydrogen) atoms.